The second kappa shape index (κ2) is 5.47. The molecule has 3 aromatic rings. The van der Waals surface area contributed by atoms with Crippen molar-refractivity contribution in [2.75, 3.05) is 5.32 Å². The van der Waals surface area contributed by atoms with E-state index in [9.17, 15) is 0 Å². The molecule has 5 rings (SSSR count). The maximum Gasteiger partial charge on any atom is 0.0468 e. The Hall–Kier alpha value is -2.58. The first-order valence-electron chi connectivity index (χ1n) is 8.70. The van der Waals surface area contributed by atoms with E-state index in [2.05, 4.69) is 73.4 Å². The monoisotopic (exact) mass is 341 g/mol. The molecule has 1 nitrogen and oxygen atoms in total. The van der Waals surface area contributed by atoms with Crippen LogP contribution in [0.5, 0.6) is 0 Å². The predicted molar refractivity (Wildman–Crippen MR) is 110 cm³/mol. The van der Waals surface area contributed by atoms with Gasteiger partial charge in [0.25, 0.3) is 0 Å². The molecule has 1 aliphatic carbocycles. The van der Waals surface area contributed by atoms with Crippen molar-refractivity contribution >= 4 is 32.7 Å². The van der Waals surface area contributed by atoms with Gasteiger partial charge in [-0.15, -0.1) is 11.3 Å². The average Bonchev–Trinajstić information content (AvgIpc) is 2.99. The van der Waals surface area contributed by atoms with Gasteiger partial charge in [-0.3, -0.25) is 0 Å². The van der Waals surface area contributed by atoms with E-state index in [-0.39, 0.29) is 0 Å². The summed E-state index contributed by atoms with van der Waals surface area (Å²) in [5.74, 6) is 0. The summed E-state index contributed by atoms with van der Waals surface area (Å²) in [5.41, 5.74) is 8.90. The smallest absolute Gasteiger partial charge is 0.0468 e. The van der Waals surface area contributed by atoms with Crippen molar-refractivity contribution in [2.45, 2.75) is 19.8 Å². The minimum atomic E-state index is 1.07. The van der Waals surface area contributed by atoms with Crippen LogP contribution < -0.4 is 5.32 Å². The summed E-state index contributed by atoms with van der Waals surface area (Å²) in [7, 11) is 0. The normalized spacial score (nSPS) is 18.9. The van der Waals surface area contributed by atoms with Crippen LogP contribution in [-0.4, -0.2) is 0 Å². The summed E-state index contributed by atoms with van der Waals surface area (Å²) < 4.78 is 1.36. The molecular formula is C23H19NS. The Balaban J connectivity index is 1.89. The zero-order valence-electron chi connectivity index (χ0n) is 14.2. The van der Waals surface area contributed by atoms with Gasteiger partial charge in [-0.05, 0) is 54.7 Å². The largest absolute Gasteiger partial charge is 0.359 e. The highest BCUT2D eigenvalue weighted by Gasteiger charge is 2.24. The van der Waals surface area contributed by atoms with Gasteiger partial charge in [0, 0.05) is 37.5 Å². The van der Waals surface area contributed by atoms with Crippen molar-refractivity contribution in [3.05, 3.63) is 82.9 Å². The molecule has 0 fully saturated rings. The van der Waals surface area contributed by atoms with Crippen molar-refractivity contribution in [3.8, 4) is 11.1 Å². The van der Waals surface area contributed by atoms with Crippen LogP contribution in [0.3, 0.4) is 0 Å². The summed E-state index contributed by atoms with van der Waals surface area (Å²) in [6, 6.07) is 13.3. The third-order valence-corrected chi connectivity index (χ3v) is 6.35. The highest BCUT2D eigenvalue weighted by molar-refractivity contribution is 7.19. The Morgan fingerprint density at radius 1 is 1.04 bits per heavy atom. The molecule has 0 saturated heterocycles. The molecule has 1 aliphatic heterocycles. The van der Waals surface area contributed by atoms with Gasteiger partial charge in [-0.25, -0.2) is 0 Å². The van der Waals surface area contributed by atoms with Crippen LogP contribution in [0.1, 0.15) is 22.9 Å². The van der Waals surface area contributed by atoms with Crippen molar-refractivity contribution < 1.29 is 0 Å². The van der Waals surface area contributed by atoms with Crippen LogP contribution in [0.15, 0.2) is 66.9 Å². The van der Waals surface area contributed by atoms with Crippen molar-refractivity contribution in [2.24, 2.45) is 0 Å². The van der Waals surface area contributed by atoms with Gasteiger partial charge in [0.15, 0.2) is 0 Å². The van der Waals surface area contributed by atoms with E-state index >= 15 is 0 Å². The van der Waals surface area contributed by atoms with E-state index in [0.717, 1.165) is 29.8 Å². The fraction of sp³-hybridized carbons (Fsp3) is 0.130. The predicted octanol–water partition coefficient (Wildman–Crippen LogP) is 6.57. The molecule has 2 aliphatic rings. The number of allylic oxidation sites excluding steroid dienone is 5. The highest BCUT2D eigenvalue weighted by atomic mass is 32.1. The number of benzene rings is 2. The maximum atomic E-state index is 4.37. The van der Waals surface area contributed by atoms with Crippen molar-refractivity contribution in [1.82, 2.24) is 0 Å². The van der Waals surface area contributed by atoms with Gasteiger partial charge in [-0.2, -0.15) is 0 Å². The second-order valence-corrected chi connectivity index (χ2v) is 7.91. The minimum Gasteiger partial charge on any atom is -0.359 e. The number of hydrogen-bond donors (Lipinski definition) is 1. The molecule has 0 spiro atoms. The third kappa shape index (κ3) is 2.21. The summed E-state index contributed by atoms with van der Waals surface area (Å²) >= 11 is 1.94. The van der Waals surface area contributed by atoms with E-state index < -0.39 is 0 Å². The van der Waals surface area contributed by atoms with E-state index in [0.29, 0.717) is 0 Å². The quantitative estimate of drug-likeness (QED) is 0.488. The Morgan fingerprint density at radius 3 is 2.84 bits per heavy atom. The van der Waals surface area contributed by atoms with Crippen LogP contribution in [0, 0.1) is 0 Å². The fourth-order valence-corrected chi connectivity index (χ4v) is 5.24. The van der Waals surface area contributed by atoms with Gasteiger partial charge >= 0.3 is 0 Å². The molecular weight excluding hydrogens is 322 g/mol. The van der Waals surface area contributed by atoms with Crippen LogP contribution in [0.25, 0.3) is 26.8 Å². The molecule has 0 saturated carbocycles. The minimum absolute atomic E-state index is 1.07. The first-order valence-corrected chi connectivity index (χ1v) is 9.52. The van der Waals surface area contributed by atoms with E-state index in [1.807, 2.05) is 11.3 Å². The standard InChI is InChI=1S/C23H19NS/c1-14-6-5-7-15(2)24-18-11-13-20-23(21(14)18)22-17-9-4-3-8-16(17)10-12-19(22)25-20/h3-9,11,13,24H,1,10,12H2,2H3/b6-5-,15-7-. The van der Waals surface area contributed by atoms with E-state index in [1.165, 1.54) is 37.2 Å². The molecule has 1 aromatic heterocycles. The lowest BCUT2D eigenvalue weighted by atomic mass is 9.86. The van der Waals surface area contributed by atoms with Gasteiger partial charge in [-0.1, -0.05) is 43.0 Å². The third-order valence-electron chi connectivity index (χ3n) is 5.13. The Labute approximate surface area is 152 Å². The lowest BCUT2D eigenvalue weighted by Crippen LogP contribution is -2.03. The molecule has 1 N–H and O–H groups in total. The van der Waals surface area contributed by atoms with Gasteiger partial charge in [0.05, 0.1) is 0 Å². The molecule has 0 radical (unpaired) electrons. The number of nitrogens with one attached hydrogen (secondary N) is 1. The summed E-state index contributed by atoms with van der Waals surface area (Å²) in [6.45, 7) is 6.47. The highest BCUT2D eigenvalue weighted by Crippen LogP contribution is 2.48. The Morgan fingerprint density at radius 2 is 1.92 bits per heavy atom. The molecule has 0 atom stereocenters. The zero-order valence-corrected chi connectivity index (χ0v) is 15.0. The second-order valence-electron chi connectivity index (χ2n) is 6.78. The Bertz CT molecular complexity index is 1090. The number of rotatable bonds is 0. The van der Waals surface area contributed by atoms with Crippen LogP contribution >= 0.6 is 11.3 Å². The molecule has 122 valence electrons. The summed E-state index contributed by atoms with van der Waals surface area (Å²) in [5, 5.41) is 4.92. The van der Waals surface area contributed by atoms with E-state index in [4.69, 9.17) is 0 Å². The van der Waals surface area contributed by atoms with Crippen LogP contribution in [-0.2, 0) is 12.8 Å². The molecule has 0 bridgehead atoms. The lowest BCUT2D eigenvalue weighted by molar-refractivity contribution is 0.965. The number of thiophene rings is 1. The number of aryl methyl sites for hydroxylation is 2. The van der Waals surface area contributed by atoms with Gasteiger partial charge in [0.2, 0.25) is 0 Å². The average molecular weight is 341 g/mol. The topological polar surface area (TPSA) is 12.0 Å². The van der Waals surface area contributed by atoms with Crippen LogP contribution in [0.4, 0.5) is 5.69 Å². The summed E-state index contributed by atoms with van der Waals surface area (Å²) in [4.78, 5) is 1.51. The number of fused-ring (bicyclic) bond motifs is 7. The molecule has 25 heavy (non-hydrogen) atoms. The molecule has 0 amide bonds. The van der Waals surface area contributed by atoms with Crippen molar-refractivity contribution in [1.29, 1.82) is 0 Å². The zero-order chi connectivity index (χ0) is 17.0. The summed E-state index contributed by atoms with van der Waals surface area (Å²) in [6.07, 6.45) is 8.57. The number of anilines is 1. The van der Waals surface area contributed by atoms with Gasteiger partial charge in [0.1, 0.15) is 0 Å². The van der Waals surface area contributed by atoms with Gasteiger partial charge < -0.3 is 5.32 Å². The SMILES string of the molecule is C=C1/C=C\C=C(\C)Nc2ccc3sc4c(c3c21)-c1ccccc1CC4. The molecule has 2 heteroatoms. The Kier molecular flexibility index (Phi) is 3.22. The lowest BCUT2D eigenvalue weighted by Gasteiger charge is -2.20. The molecule has 2 aromatic carbocycles. The first kappa shape index (κ1) is 14.7. The first-order chi connectivity index (χ1) is 12.2. The van der Waals surface area contributed by atoms with Crippen molar-refractivity contribution in [3.63, 3.8) is 0 Å². The number of hydrogen-bond acceptors (Lipinski definition) is 2. The molecule has 2 heterocycles. The maximum absolute atomic E-state index is 4.37. The molecule has 0 unspecified atom stereocenters. The van der Waals surface area contributed by atoms with E-state index in [1.54, 1.807) is 0 Å². The fourth-order valence-electron chi connectivity index (χ4n) is 4.02. The van der Waals surface area contributed by atoms with Crippen LogP contribution in [0.2, 0.25) is 0 Å².